The summed E-state index contributed by atoms with van der Waals surface area (Å²) in [5, 5.41) is 0. The number of aromatic nitrogens is 1. The quantitative estimate of drug-likeness (QED) is 0.735. The summed E-state index contributed by atoms with van der Waals surface area (Å²) in [5.74, 6) is 0.883. The van der Waals surface area contributed by atoms with Crippen LogP contribution in [0.3, 0.4) is 0 Å². The lowest BCUT2D eigenvalue weighted by Gasteiger charge is -2.32. The number of carbonyl (C=O) groups is 1. The predicted molar refractivity (Wildman–Crippen MR) is 119 cm³/mol. The Bertz CT molecular complexity index is 824. The third-order valence-corrected chi connectivity index (χ3v) is 6.24. The van der Waals surface area contributed by atoms with Crippen molar-refractivity contribution in [2.45, 2.75) is 58.1 Å². The molecular formula is C25H33N3O2. The molecule has 0 saturated carbocycles. The fourth-order valence-electron chi connectivity index (χ4n) is 4.47. The summed E-state index contributed by atoms with van der Waals surface area (Å²) in [6, 6.07) is 10.2. The summed E-state index contributed by atoms with van der Waals surface area (Å²) in [5.41, 5.74) is 3.14. The fraction of sp³-hybridized carbons (Fsp3) is 0.520. The van der Waals surface area contributed by atoms with E-state index in [1.165, 1.54) is 18.4 Å². The van der Waals surface area contributed by atoms with Gasteiger partial charge in [-0.1, -0.05) is 24.5 Å². The SMILES string of the molecule is Cc1ccc(OC2CCN(Cc3ccncc3)CC2)c(C(=O)N2CCCCCC2)c1. The molecule has 2 saturated heterocycles. The van der Waals surface area contributed by atoms with Gasteiger partial charge in [0.05, 0.1) is 5.56 Å². The molecule has 2 aliphatic rings. The number of hydrogen-bond acceptors (Lipinski definition) is 4. The highest BCUT2D eigenvalue weighted by Gasteiger charge is 2.25. The van der Waals surface area contributed by atoms with Crippen molar-refractivity contribution >= 4 is 5.91 Å². The molecule has 0 unspecified atom stereocenters. The van der Waals surface area contributed by atoms with E-state index in [1.54, 1.807) is 0 Å². The predicted octanol–water partition coefficient (Wildman–Crippen LogP) is 4.45. The highest BCUT2D eigenvalue weighted by Crippen LogP contribution is 2.27. The molecular weight excluding hydrogens is 374 g/mol. The maximum Gasteiger partial charge on any atom is 0.257 e. The van der Waals surface area contributed by atoms with E-state index in [2.05, 4.69) is 22.0 Å². The second kappa shape index (κ2) is 10.1. The molecule has 0 N–H and O–H groups in total. The minimum absolute atomic E-state index is 0.130. The molecule has 0 bridgehead atoms. The van der Waals surface area contributed by atoms with E-state index >= 15 is 0 Å². The smallest absolute Gasteiger partial charge is 0.257 e. The number of pyridine rings is 1. The van der Waals surface area contributed by atoms with Crippen molar-refractivity contribution in [2.75, 3.05) is 26.2 Å². The first-order valence-electron chi connectivity index (χ1n) is 11.4. The van der Waals surface area contributed by atoms with Crippen LogP contribution < -0.4 is 4.74 Å². The lowest BCUT2D eigenvalue weighted by molar-refractivity contribution is 0.0736. The molecule has 1 aromatic carbocycles. The summed E-state index contributed by atoms with van der Waals surface area (Å²) in [7, 11) is 0. The second-order valence-corrected chi connectivity index (χ2v) is 8.65. The lowest BCUT2D eigenvalue weighted by atomic mass is 10.1. The van der Waals surface area contributed by atoms with Crippen LogP contribution in [0.15, 0.2) is 42.7 Å². The number of nitrogens with zero attached hydrogens (tertiary/aromatic N) is 3. The molecule has 0 aliphatic carbocycles. The number of ether oxygens (including phenoxy) is 1. The van der Waals surface area contributed by atoms with Crippen molar-refractivity contribution in [1.82, 2.24) is 14.8 Å². The van der Waals surface area contributed by atoms with Gasteiger partial charge >= 0.3 is 0 Å². The van der Waals surface area contributed by atoms with Gasteiger partial charge in [0.25, 0.3) is 5.91 Å². The van der Waals surface area contributed by atoms with Crippen LogP contribution in [0, 0.1) is 6.92 Å². The van der Waals surface area contributed by atoms with E-state index in [9.17, 15) is 4.79 Å². The van der Waals surface area contributed by atoms with Crippen LogP contribution in [0.4, 0.5) is 0 Å². The first-order valence-corrected chi connectivity index (χ1v) is 11.4. The van der Waals surface area contributed by atoms with Gasteiger partial charge < -0.3 is 9.64 Å². The van der Waals surface area contributed by atoms with Gasteiger partial charge in [-0.25, -0.2) is 0 Å². The molecule has 30 heavy (non-hydrogen) atoms. The lowest BCUT2D eigenvalue weighted by Crippen LogP contribution is -2.38. The van der Waals surface area contributed by atoms with E-state index in [1.807, 2.05) is 42.4 Å². The van der Waals surface area contributed by atoms with Crippen molar-refractivity contribution < 1.29 is 9.53 Å². The van der Waals surface area contributed by atoms with Crippen molar-refractivity contribution in [2.24, 2.45) is 0 Å². The van der Waals surface area contributed by atoms with E-state index in [4.69, 9.17) is 4.74 Å². The third-order valence-electron chi connectivity index (χ3n) is 6.24. The molecule has 5 heteroatoms. The highest BCUT2D eigenvalue weighted by molar-refractivity contribution is 5.97. The van der Waals surface area contributed by atoms with E-state index in [0.29, 0.717) is 0 Å². The number of carbonyl (C=O) groups excluding carboxylic acids is 1. The Morgan fingerprint density at radius 2 is 1.70 bits per heavy atom. The van der Waals surface area contributed by atoms with Crippen LogP contribution in [0.5, 0.6) is 5.75 Å². The Hall–Kier alpha value is -2.40. The van der Waals surface area contributed by atoms with Gasteiger partial charge in [-0.3, -0.25) is 14.7 Å². The zero-order chi connectivity index (χ0) is 20.8. The maximum atomic E-state index is 13.3. The summed E-state index contributed by atoms with van der Waals surface area (Å²) in [6.45, 7) is 6.74. The Morgan fingerprint density at radius 3 is 2.40 bits per heavy atom. The summed E-state index contributed by atoms with van der Waals surface area (Å²) < 4.78 is 6.40. The van der Waals surface area contributed by atoms with Crippen LogP contribution in [0.2, 0.25) is 0 Å². The Balaban J connectivity index is 1.38. The highest BCUT2D eigenvalue weighted by atomic mass is 16.5. The topological polar surface area (TPSA) is 45.7 Å². The molecule has 0 spiro atoms. The van der Waals surface area contributed by atoms with Gasteiger partial charge in [-0.15, -0.1) is 0 Å². The van der Waals surface area contributed by atoms with Gasteiger partial charge in [0, 0.05) is 45.1 Å². The summed E-state index contributed by atoms with van der Waals surface area (Å²) >= 11 is 0. The van der Waals surface area contributed by atoms with Crippen LogP contribution >= 0.6 is 0 Å². The largest absolute Gasteiger partial charge is 0.489 e. The van der Waals surface area contributed by atoms with Gasteiger partial charge in [0.15, 0.2) is 0 Å². The number of aryl methyl sites for hydroxylation is 1. The number of benzene rings is 1. The third kappa shape index (κ3) is 5.39. The van der Waals surface area contributed by atoms with E-state index in [0.717, 1.165) is 75.3 Å². The standard InChI is InChI=1S/C25H33N3O2/c1-20-6-7-24(23(18-20)25(29)28-14-4-2-3-5-15-28)30-22-10-16-27(17-11-22)19-21-8-12-26-13-9-21/h6-9,12-13,18,22H,2-5,10-11,14-17,19H2,1H3. The van der Waals surface area contributed by atoms with Gasteiger partial charge in [-0.2, -0.15) is 0 Å². The molecule has 2 aliphatic heterocycles. The van der Waals surface area contributed by atoms with Gasteiger partial charge in [-0.05, 0) is 62.4 Å². The Morgan fingerprint density at radius 1 is 1.00 bits per heavy atom. The van der Waals surface area contributed by atoms with Crippen LogP contribution in [0.25, 0.3) is 0 Å². The second-order valence-electron chi connectivity index (χ2n) is 8.65. The van der Waals surface area contributed by atoms with Gasteiger partial charge in [0.2, 0.25) is 0 Å². The van der Waals surface area contributed by atoms with E-state index in [-0.39, 0.29) is 12.0 Å². The zero-order valence-corrected chi connectivity index (χ0v) is 18.1. The number of amides is 1. The molecule has 0 radical (unpaired) electrons. The molecule has 5 nitrogen and oxygen atoms in total. The van der Waals surface area contributed by atoms with Crippen LogP contribution in [-0.4, -0.2) is 53.0 Å². The normalized spacial score (nSPS) is 18.8. The average Bonchev–Trinajstić information content (AvgIpc) is 3.06. The van der Waals surface area contributed by atoms with Gasteiger partial charge in [0.1, 0.15) is 11.9 Å². The molecule has 3 heterocycles. The number of rotatable bonds is 5. The molecule has 4 rings (SSSR count). The fourth-order valence-corrected chi connectivity index (χ4v) is 4.47. The van der Waals surface area contributed by atoms with Crippen LogP contribution in [-0.2, 0) is 6.54 Å². The Kier molecular flexibility index (Phi) is 7.00. The summed E-state index contributed by atoms with van der Waals surface area (Å²) in [4.78, 5) is 21.8. The minimum Gasteiger partial charge on any atom is -0.489 e. The molecule has 1 amide bonds. The van der Waals surface area contributed by atoms with Crippen LogP contribution in [0.1, 0.15) is 60.0 Å². The molecule has 1 aromatic heterocycles. The molecule has 2 fully saturated rings. The number of likely N-dealkylation sites (tertiary alicyclic amines) is 2. The number of piperidine rings is 1. The number of hydrogen-bond donors (Lipinski definition) is 0. The first-order chi connectivity index (χ1) is 14.7. The van der Waals surface area contributed by atoms with Crippen molar-refractivity contribution in [3.63, 3.8) is 0 Å². The van der Waals surface area contributed by atoms with Crippen molar-refractivity contribution in [3.8, 4) is 5.75 Å². The Labute approximate surface area is 180 Å². The monoisotopic (exact) mass is 407 g/mol. The minimum atomic E-state index is 0.130. The van der Waals surface area contributed by atoms with E-state index < -0.39 is 0 Å². The molecule has 2 aromatic rings. The maximum absolute atomic E-state index is 13.3. The summed E-state index contributed by atoms with van der Waals surface area (Å²) in [6.07, 6.45) is 10.5. The molecule has 0 atom stereocenters. The van der Waals surface area contributed by atoms with Crippen molar-refractivity contribution in [3.05, 3.63) is 59.4 Å². The molecule has 160 valence electrons. The van der Waals surface area contributed by atoms with Crippen molar-refractivity contribution in [1.29, 1.82) is 0 Å². The average molecular weight is 408 g/mol. The first kappa shape index (κ1) is 20.9. The zero-order valence-electron chi connectivity index (χ0n) is 18.1.